The first-order valence-corrected chi connectivity index (χ1v) is 6.37. The lowest BCUT2D eigenvalue weighted by atomic mass is 10.1. The molecule has 0 aliphatic rings. The molecule has 0 aromatic heterocycles. The molecule has 0 aliphatic heterocycles. The summed E-state index contributed by atoms with van der Waals surface area (Å²) in [6.07, 6.45) is -0.741. The third-order valence-corrected chi connectivity index (χ3v) is 2.51. The number of benzene rings is 1. The minimum atomic E-state index is -0.721. The van der Waals surface area contributed by atoms with Crippen LogP contribution in [0.1, 0.15) is 26.3 Å². The molecule has 0 spiro atoms. The molecule has 1 aromatic carbocycles. The highest BCUT2D eigenvalue weighted by Crippen LogP contribution is 2.22. The number of nitrogens with zero attached hydrogens (tertiary/aromatic N) is 1. The predicted molar refractivity (Wildman–Crippen MR) is 72.3 cm³/mol. The van der Waals surface area contributed by atoms with Gasteiger partial charge in [-0.1, -0.05) is 25.1 Å². The molecule has 1 aromatic rings. The van der Waals surface area contributed by atoms with Crippen molar-refractivity contribution < 1.29 is 19.1 Å². The van der Waals surface area contributed by atoms with Crippen LogP contribution in [-0.2, 0) is 15.9 Å². The molecule has 0 radical (unpaired) electrons. The second kappa shape index (κ2) is 7.41. The van der Waals surface area contributed by atoms with Gasteiger partial charge in [-0.15, -0.1) is 0 Å². The predicted octanol–water partition coefficient (Wildman–Crippen LogP) is 3.37. The summed E-state index contributed by atoms with van der Waals surface area (Å²) in [7, 11) is 0. The Morgan fingerprint density at radius 2 is 1.53 bits per heavy atom. The largest absolute Gasteiger partial charge is 0.449 e. The van der Waals surface area contributed by atoms with Crippen LogP contribution in [0.4, 0.5) is 15.3 Å². The molecule has 104 valence electrons. The van der Waals surface area contributed by atoms with Crippen LogP contribution in [0.3, 0.4) is 0 Å². The van der Waals surface area contributed by atoms with E-state index in [1.54, 1.807) is 26.0 Å². The molecule has 1 rings (SSSR count). The van der Waals surface area contributed by atoms with Gasteiger partial charge in [0.2, 0.25) is 0 Å². The molecular formula is C14H19NO4. The van der Waals surface area contributed by atoms with Crippen molar-refractivity contribution in [3.8, 4) is 0 Å². The number of imide groups is 1. The summed E-state index contributed by atoms with van der Waals surface area (Å²) < 4.78 is 9.82. The summed E-state index contributed by atoms with van der Waals surface area (Å²) in [6, 6.07) is 7.18. The molecule has 0 bridgehead atoms. The Kier molecular flexibility index (Phi) is 5.85. The third kappa shape index (κ3) is 3.71. The van der Waals surface area contributed by atoms with E-state index in [2.05, 4.69) is 0 Å². The van der Waals surface area contributed by atoms with Gasteiger partial charge < -0.3 is 9.47 Å². The van der Waals surface area contributed by atoms with Crippen LogP contribution in [0.5, 0.6) is 0 Å². The van der Waals surface area contributed by atoms with Gasteiger partial charge in [0.25, 0.3) is 0 Å². The van der Waals surface area contributed by atoms with Gasteiger partial charge in [0.15, 0.2) is 0 Å². The number of hydrogen-bond donors (Lipinski definition) is 0. The Hall–Kier alpha value is -2.04. The number of ether oxygens (including phenoxy) is 2. The third-order valence-electron chi connectivity index (χ3n) is 2.51. The molecule has 0 aliphatic carbocycles. The van der Waals surface area contributed by atoms with E-state index in [0.717, 1.165) is 10.5 Å². The topological polar surface area (TPSA) is 55.8 Å². The average Bonchev–Trinajstić information content (AvgIpc) is 2.40. The monoisotopic (exact) mass is 265 g/mol. The minimum Gasteiger partial charge on any atom is -0.449 e. The lowest BCUT2D eigenvalue weighted by Crippen LogP contribution is -2.38. The van der Waals surface area contributed by atoms with Crippen LogP contribution in [-0.4, -0.2) is 25.4 Å². The van der Waals surface area contributed by atoms with Crippen molar-refractivity contribution in [3.63, 3.8) is 0 Å². The fourth-order valence-corrected chi connectivity index (χ4v) is 1.68. The number of carbonyl (C=O) groups excluding carboxylic acids is 2. The standard InChI is InChI=1S/C14H19NO4/c1-4-11-9-7-8-10-12(11)15(13(16)18-5-2)14(17)19-6-3/h7-10H,4-6H2,1-3H3. The fourth-order valence-electron chi connectivity index (χ4n) is 1.68. The number of carbonyl (C=O) groups is 2. The zero-order valence-electron chi connectivity index (χ0n) is 11.5. The first-order chi connectivity index (χ1) is 9.15. The van der Waals surface area contributed by atoms with Crippen molar-refractivity contribution in [2.24, 2.45) is 0 Å². The van der Waals surface area contributed by atoms with E-state index in [0.29, 0.717) is 12.1 Å². The second-order valence-corrected chi connectivity index (χ2v) is 3.72. The number of para-hydroxylation sites is 1. The quantitative estimate of drug-likeness (QED) is 0.837. The Morgan fingerprint density at radius 1 is 1.00 bits per heavy atom. The smallest absolute Gasteiger partial charge is 0.424 e. The summed E-state index contributed by atoms with van der Waals surface area (Å²) in [6.45, 7) is 5.72. The Bertz CT molecular complexity index is 427. The number of amides is 2. The van der Waals surface area contributed by atoms with Gasteiger partial charge in [-0.3, -0.25) is 0 Å². The first-order valence-electron chi connectivity index (χ1n) is 6.37. The normalized spacial score (nSPS) is 9.84. The number of rotatable bonds is 4. The van der Waals surface area contributed by atoms with Crippen LogP contribution < -0.4 is 4.90 Å². The van der Waals surface area contributed by atoms with Gasteiger partial charge in [-0.05, 0) is 31.9 Å². The molecule has 0 N–H and O–H groups in total. The number of hydrogen-bond acceptors (Lipinski definition) is 4. The molecule has 0 atom stereocenters. The first kappa shape index (κ1) is 15.0. The fraction of sp³-hybridized carbons (Fsp3) is 0.429. The van der Waals surface area contributed by atoms with Crippen LogP contribution in [0.2, 0.25) is 0 Å². The molecule has 0 saturated heterocycles. The molecule has 0 heterocycles. The van der Waals surface area contributed by atoms with Crippen molar-refractivity contribution in [1.82, 2.24) is 0 Å². The zero-order chi connectivity index (χ0) is 14.3. The number of aryl methyl sites for hydroxylation is 1. The summed E-state index contributed by atoms with van der Waals surface area (Å²) in [5.41, 5.74) is 1.38. The van der Waals surface area contributed by atoms with Gasteiger partial charge in [-0.2, -0.15) is 4.90 Å². The summed E-state index contributed by atoms with van der Waals surface area (Å²) >= 11 is 0. The Labute approximate surface area is 113 Å². The highest BCUT2D eigenvalue weighted by atomic mass is 16.6. The van der Waals surface area contributed by atoms with Crippen LogP contribution >= 0.6 is 0 Å². The maximum Gasteiger partial charge on any atom is 0.424 e. The average molecular weight is 265 g/mol. The molecular weight excluding hydrogens is 246 g/mol. The minimum absolute atomic E-state index is 0.197. The Balaban J connectivity index is 3.14. The zero-order valence-corrected chi connectivity index (χ0v) is 11.5. The molecule has 2 amide bonds. The van der Waals surface area contributed by atoms with E-state index >= 15 is 0 Å². The van der Waals surface area contributed by atoms with E-state index in [4.69, 9.17) is 9.47 Å². The molecule has 0 fully saturated rings. The van der Waals surface area contributed by atoms with Crippen molar-refractivity contribution in [1.29, 1.82) is 0 Å². The van der Waals surface area contributed by atoms with E-state index in [-0.39, 0.29) is 13.2 Å². The van der Waals surface area contributed by atoms with Crippen LogP contribution in [0, 0.1) is 0 Å². The second-order valence-electron chi connectivity index (χ2n) is 3.72. The molecule has 0 saturated carbocycles. The maximum absolute atomic E-state index is 11.9. The highest BCUT2D eigenvalue weighted by molar-refractivity contribution is 6.09. The summed E-state index contributed by atoms with van der Waals surface area (Å²) in [5, 5.41) is 0. The van der Waals surface area contributed by atoms with Gasteiger partial charge in [0.05, 0.1) is 18.9 Å². The molecule has 5 nitrogen and oxygen atoms in total. The molecule has 19 heavy (non-hydrogen) atoms. The van der Waals surface area contributed by atoms with Gasteiger partial charge in [-0.25, -0.2) is 9.59 Å². The molecule has 0 unspecified atom stereocenters. The van der Waals surface area contributed by atoms with Gasteiger partial charge in [0.1, 0.15) is 0 Å². The van der Waals surface area contributed by atoms with Crippen molar-refractivity contribution >= 4 is 17.9 Å². The van der Waals surface area contributed by atoms with Gasteiger partial charge in [0, 0.05) is 0 Å². The van der Waals surface area contributed by atoms with Crippen LogP contribution in [0.25, 0.3) is 0 Å². The van der Waals surface area contributed by atoms with E-state index in [1.807, 2.05) is 19.1 Å². The summed E-state index contributed by atoms with van der Waals surface area (Å²) in [5.74, 6) is 0. The van der Waals surface area contributed by atoms with Crippen molar-refractivity contribution in [2.75, 3.05) is 18.1 Å². The van der Waals surface area contributed by atoms with Crippen molar-refractivity contribution in [2.45, 2.75) is 27.2 Å². The van der Waals surface area contributed by atoms with E-state index < -0.39 is 12.2 Å². The lowest BCUT2D eigenvalue weighted by molar-refractivity contribution is 0.140. The van der Waals surface area contributed by atoms with E-state index in [9.17, 15) is 9.59 Å². The SMILES string of the molecule is CCOC(=O)N(C(=O)OCC)c1ccccc1CC. The maximum atomic E-state index is 11.9. The summed E-state index contributed by atoms with van der Waals surface area (Å²) in [4.78, 5) is 24.8. The van der Waals surface area contributed by atoms with Crippen molar-refractivity contribution in [3.05, 3.63) is 29.8 Å². The van der Waals surface area contributed by atoms with Crippen LogP contribution in [0.15, 0.2) is 24.3 Å². The van der Waals surface area contributed by atoms with Gasteiger partial charge >= 0.3 is 12.2 Å². The Morgan fingerprint density at radius 3 is 2.00 bits per heavy atom. The van der Waals surface area contributed by atoms with E-state index in [1.165, 1.54) is 0 Å². The molecule has 5 heteroatoms. The highest BCUT2D eigenvalue weighted by Gasteiger charge is 2.27. The lowest BCUT2D eigenvalue weighted by Gasteiger charge is -2.21. The number of anilines is 1.